The molecule has 2 unspecified atom stereocenters. The van der Waals surface area contributed by atoms with E-state index in [0.717, 1.165) is 42.9 Å². The van der Waals surface area contributed by atoms with Crippen LogP contribution in [0.15, 0.2) is 47.1 Å². The summed E-state index contributed by atoms with van der Waals surface area (Å²) in [5.74, 6) is 0. The first kappa shape index (κ1) is 17.3. The fourth-order valence-electron chi connectivity index (χ4n) is 2.46. The zero-order valence-electron chi connectivity index (χ0n) is 12.6. The quantitative estimate of drug-likeness (QED) is 0.395. The van der Waals surface area contributed by atoms with E-state index in [2.05, 4.69) is 17.1 Å². The molecular formula is C15H20N4O4. The van der Waals surface area contributed by atoms with Crippen molar-refractivity contribution in [1.29, 1.82) is 0 Å². The fraction of sp³-hybridized carbons (Fsp3) is 0.267. The van der Waals surface area contributed by atoms with Crippen molar-refractivity contribution < 1.29 is 20.9 Å². The number of hydrazone groups is 1. The third-order valence-corrected chi connectivity index (χ3v) is 3.70. The zero-order chi connectivity index (χ0) is 16.8. The summed E-state index contributed by atoms with van der Waals surface area (Å²) in [5, 5.41) is 42.0. The highest BCUT2D eigenvalue weighted by molar-refractivity contribution is 5.81. The number of quaternary nitrogens is 2. The van der Waals surface area contributed by atoms with Gasteiger partial charge >= 0.3 is 0 Å². The molecule has 0 amide bonds. The highest BCUT2D eigenvalue weighted by Crippen LogP contribution is 2.24. The maximum atomic E-state index is 11.3. The Morgan fingerprint density at radius 1 is 1.13 bits per heavy atom. The molecule has 2 rings (SSSR count). The van der Waals surface area contributed by atoms with Gasteiger partial charge in [0.2, 0.25) is 0 Å². The molecule has 8 nitrogen and oxygen atoms in total. The van der Waals surface area contributed by atoms with Gasteiger partial charge in [0.1, 0.15) is 5.69 Å². The van der Waals surface area contributed by atoms with Gasteiger partial charge in [-0.15, -0.1) is 0 Å². The molecule has 23 heavy (non-hydrogen) atoms. The number of anilines is 1. The number of allylic oxidation sites excluding steroid dienone is 3. The van der Waals surface area contributed by atoms with Crippen molar-refractivity contribution in [2.75, 3.05) is 5.43 Å². The number of hydrogen-bond donors (Lipinski definition) is 5. The Bertz CT molecular complexity index is 626. The highest BCUT2D eigenvalue weighted by Gasteiger charge is 2.13. The fourth-order valence-corrected chi connectivity index (χ4v) is 2.46. The van der Waals surface area contributed by atoms with Gasteiger partial charge in [-0.05, 0) is 42.9 Å². The molecule has 0 spiro atoms. The number of benzene rings is 1. The van der Waals surface area contributed by atoms with Gasteiger partial charge in [0.05, 0.1) is 12.3 Å². The maximum absolute atomic E-state index is 11.3. The number of nitrogens with zero attached hydrogens (tertiary/aromatic N) is 1. The Morgan fingerprint density at radius 2 is 1.83 bits per heavy atom. The number of rotatable bonds is 6. The van der Waals surface area contributed by atoms with E-state index in [1.54, 1.807) is 6.21 Å². The van der Waals surface area contributed by atoms with E-state index in [0.29, 0.717) is 0 Å². The minimum atomic E-state index is -1.21. The molecule has 1 aromatic carbocycles. The van der Waals surface area contributed by atoms with Crippen molar-refractivity contribution in [1.82, 2.24) is 0 Å². The SMILES string of the molecule is C=CC1=C(C=NNc2ccc([NH+]([O-])O)cc2[NH+]([O-])O)CCCC1. The van der Waals surface area contributed by atoms with E-state index in [4.69, 9.17) is 5.21 Å². The first-order valence-corrected chi connectivity index (χ1v) is 7.27. The Morgan fingerprint density at radius 3 is 2.43 bits per heavy atom. The molecule has 0 aromatic heterocycles. The molecule has 1 aromatic rings. The average molecular weight is 320 g/mol. The van der Waals surface area contributed by atoms with E-state index in [9.17, 15) is 15.6 Å². The van der Waals surface area contributed by atoms with Crippen LogP contribution in [0, 0.1) is 10.4 Å². The normalized spacial score (nSPS) is 18.1. The van der Waals surface area contributed by atoms with Crippen LogP contribution in [0.4, 0.5) is 17.1 Å². The topological polar surface area (TPSA) is 120 Å². The van der Waals surface area contributed by atoms with Crippen molar-refractivity contribution in [2.24, 2.45) is 5.10 Å². The van der Waals surface area contributed by atoms with E-state index in [1.807, 2.05) is 6.08 Å². The molecule has 0 aliphatic heterocycles. The van der Waals surface area contributed by atoms with Crippen molar-refractivity contribution in [2.45, 2.75) is 25.7 Å². The predicted molar refractivity (Wildman–Crippen MR) is 85.8 cm³/mol. The molecule has 0 bridgehead atoms. The molecule has 0 saturated heterocycles. The molecule has 2 atom stereocenters. The van der Waals surface area contributed by atoms with Gasteiger partial charge in [0.25, 0.3) is 0 Å². The standard InChI is InChI=1S/C15H20N4O4/c1-2-11-5-3-4-6-12(11)10-16-17-14-8-7-13(18(20)21)9-15(14)19(22)23/h2,7-10,17-20,22H,1,3-6H2. The third kappa shape index (κ3) is 4.45. The summed E-state index contributed by atoms with van der Waals surface area (Å²) in [5.41, 5.74) is 4.94. The van der Waals surface area contributed by atoms with Gasteiger partial charge in [0, 0.05) is 6.07 Å². The van der Waals surface area contributed by atoms with Crippen LogP contribution in [0.5, 0.6) is 0 Å². The van der Waals surface area contributed by atoms with Crippen LogP contribution in [0.2, 0.25) is 0 Å². The summed E-state index contributed by atoms with van der Waals surface area (Å²) < 4.78 is 0. The lowest BCUT2D eigenvalue weighted by molar-refractivity contribution is -0.996. The Balaban J connectivity index is 2.18. The van der Waals surface area contributed by atoms with Crippen molar-refractivity contribution in [3.8, 4) is 0 Å². The van der Waals surface area contributed by atoms with Crippen LogP contribution < -0.4 is 15.9 Å². The lowest BCUT2D eigenvalue weighted by Crippen LogP contribution is -3.00. The maximum Gasteiger partial charge on any atom is 0.195 e. The van der Waals surface area contributed by atoms with Crippen LogP contribution in [-0.2, 0) is 0 Å². The molecule has 1 aliphatic rings. The molecule has 0 fully saturated rings. The molecule has 124 valence electrons. The van der Waals surface area contributed by atoms with Gasteiger partial charge < -0.3 is 10.4 Å². The minimum absolute atomic E-state index is 0.0825. The first-order valence-electron chi connectivity index (χ1n) is 7.27. The lowest BCUT2D eigenvalue weighted by Gasteiger charge is -2.18. The molecular weight excluding hydrogens is 300 g/mol. The summed E-state index contributed by atoms with van der Waals surface area (Å²) in [6, 6.07) is 3.84. The summed E-state index contributed by atoms with van der Waals surface area (Å²) in [4.78, 5) is 0. The molecule has 8 heteroatoms. The van der Waals surface area contributed by atoms with Crippen LogP contribution in [0.3, 0.4) is 0 Å². The van der Waals surface area contributed by atoms with E-state index < -0.39 is 10.5 Å². The van der Waals surface area contributed by atoms with Crippen LogP contribution in [-0.4, -0.2) is 16.6 Å². The molecule has 1 aliphatic carbocycles. The zero-order valence-corrected chi connectivity index (χ0v) is 12.6. The van der Waals surface area contributed by atoms with E-state index in [-0.39, 0.29) is 17.1 Å². The summed E-state index contributed by atoms with van der Waals surface area (Å²) >= 11 is 0. The molecule has 0 radical (unpaired) electrons. The summed E-state index contributed by atoms with van der Waals surface area (Å²) in [7, 11) is 0. The molecule has 5 N–H and O–H groups in total. The van der Waals surface area contributed by atoms with Gasteiger partial charge in [-0.1, -0.05) is 12.7 Å². The second-order valence-corrected chi connectivity index (χ2v) is 5.20. The number of hydrogen-bond acceptors (Lipinski definition) is 6. The average Bonchev–Trinajstić information content (AvgIpc) is 2.55. The smallest absolute Gasteiger partial charge is 0.195 e. The second kappa shape index (κ2) is 7.97. The largest absolute Gasteiger partial charge is 0.595 e. The molecule has 0 heterocycles. The van der Waals surface area contributed by atoms with Gasteiger partial charge in [-0.2, -0.15) is 15.6 Å². The Labute approximate surface area is 133 Å². The van der Waals surface area contributed by atoms with Crippen molar-refractivity contribution in [3.05, 3.63) is 52.4 Å². The lowest BCUT2D eigenvalue weighted by atomic mass is 9.92. The van der Waals surface area contributed by atoms with Gasteiger partial charge in [-0.25, -0.2) is 10.4 Å². The first-order chi connectivity index (χ1) is 11.0. The Kier molecular flexibility index (Phi) is 5.99. The van der Waals surface area contributed by atoms with Crippen molar-refractivity contribution >= 4 is 23.3 Å². The second-order valence-electron chi connectivity index (χ2n) is 5.20. The summed E-state index contributed by atoms with van der Waals surface area (Å²) in [6.45, 7) is 3.79. The van der Waals surface area contributed by atoms with E-state index in [1.165, 1.54) is 12.1 Å². The van der Waals surface area contributed by atoms with Crippen LogP contribution in [0.25, 0.3) is 0 Å². The van der Waals surface area contributed by atoms with Crippen LogP contribution in [0.1, 0.15) is 25.7 Å². The minimum Gasteiger partial charge on any atom is -0.595 e. The predicted octanol–water partition coefficient (Wildman–Crippen LogP) is 0.948. The third-order valence-electron chi connectivity index (χ3n) is 3.70. The van der Waals surface area contributed by atoms with Gasteiger partial charge in [0.15, 0.2) is 11.4 Å². The monoisotopic (exact) mass is 320 g/mol. The number of nitrogens with one attached hydrogen (secondary N) is 3. The van der Waals surface area contributed by atoms with Crippen LogP contribution >= 0.6 is 0 Å². The highest BCUT2D eigenvalue weighted by atomic mass is 16.8. The van der Waals surface area contributed by atoms with Crippen molar-refractivity contribution in [3.63, 3.8) is 0 Å². The Hall–Kier alpha value is -2.07. The van der Waals surface area contributed by atoms with E-state index >= 15 is 0 Å². The molecule has 0 saturated carbocycles. The van der Waals surface area contributed by atoms with Gasteiger partial charge in [-0.3, -0.25) is 5.43 Å². The summed E-state index contributed by atoms with van der Waals surface area (Å²) in [6.07, 6.45) is 7.60.